The maximum absolute atomic E-state index is 12.2. The molecule has 2 aromatic carbocycles. The lowest BCUT2D eigenvalue weighted by molar-refractivity contribution is 0.0977. The van der Waals surface area contributed by atoms with Crippen LogP contribution in [-0.2, 0) is 6.42 Å². The van der Waals surface area contributed by atoms with Crippen LogP contribution in [0.5, 0.6) is 5.75 Å². The van der Waals surface area contributed by atoms with Gasteiger partial charge in [0.2, 0.25) is 0 Å². The first-order valence-electron chi connectivity index (χ1n) is 7.42. The van der Waals surface area contributed by atoms with E-state index in [0.29, 0.717) is 11.3 Å². The molecule has 0 spiro atoms. The number of aromatic hydroxyl groups is 1. The number of carbonyl (C=O) groups is 1. The predicted octanol–water partition coefficient (Wildman–Crippen LogP) is 3.70. The third-order valence-corrected chi connectivity index (χ3v) is 3.75. The molecule has 0 aliphatic carbocycles. The lowest BCUT2D eigenvalue weighted by atomic mass is 10.1. The highest BCUT2D eigenvalue weighted by Gasteiger charge is 2.11. The molecule has 0 aliphatic heterocycles. The topological polar surface area (TPSA) is 61.4 Å². The maximum Gasteiger partial charge on any atom is 0.257 e. The fraction of sp³-hybridized carbons (Fsp3) is 0.222. The summed E-state index contributed by atoms with van der Waals surface area (Å²) in [4.78, 5) is 12.2. The number of aryl methyl sites for hydroxylation is 3. The van der Waals surface area contributed by atoms with Crippen molar-refractivity contribution in [1.82, 2.24) is 5.32 Å². The molecule has 0 saturated heterocycles. The van der Waals surface area contributed by atoms with E-state index in [4.69, 9.17) is 12.2 Å². The summed E-state index contributed by atoms with van der Waals surface area (Å²) in [5, 5.41) is 15.7. The summed E-state index contributed by atoms with van der Waals surface area (Å²) in [7, 11) is 0. The van der Waals surface area contributed by atoms with Crippen molar-refractivity contribution in [2.24, 2.45) is 0 Å². The molecule has 0 fully saturated rings. The van der Waals surface area contributed by atoms with Gasteiger partial charge in [-0.3, -0.25) is 10.1 Å². The fourth-order valence-corrected chi connectivity index (χ4v) is 2.48. The first kappa shape index (κ1) is 17.0. The molecule has 0 atom stereocenters. The number of thiocarbonyl (C=S) groups is 1. The standard InChI is InChI=1S/C18H20N2O2S/c1-4-13-5-7-14(8-6-13)17(22)20-18(23)19-15-10-11(2)9-12(3)16(15)21/h5-10,21H,4H2,1-3H3,(H2,19,20,22,23). The number of phenolic OH excluding ortho intramolecular Hbond substituents is 1. The van der Waals surface area contributed by atoms with Gasteiger partial charge >= 0.3 is 0 Å². The Kier molecular flexibility index (Phi) is 5.34. The van der Waals surface area contributed by atoms with Crippen LogP contribution >= 0.6 is 12.2 Å². The highest BCUT2D eigenvalue weighted by atomic mass is 32.1. The van der Waals surface area contributed by atoms with Crippen molar-refractivity contribution in [1.29, 1.82) is 0 Å². The Morgan fingerprint density at radius 2 is 1.83 bits per heavy atom. The third-order valence-electron chi connectivity index (χ3n) is 3.54. The van der Waals surface area contributed by atoms with Crippen molar-refractivity contribution in [2.75, 3.05) is 5.32 Å². The average molecular weight is 328 g/mol. The van der Waals surface area contributed by atoms with Crippen LogP contribution in [0.1, 0.15) is 34.0 Å². The second kappa shape index (κ2) is 7.24. The second-order valence-corrected chi connectivity index (χ2v) is 5.84. The van der Waals surface area contributed by atoms with E-state index in [1.807, 2.05) is 32.0 Å². The highest BCUT2D eigenvalue weighted by Crippen LogP contribution is 2.28. The molecule has 4 nitrogen and oxygen atoms in total. The number of carbonyl (C=O) groups excluding carboxylic acids is 1. The molecule has 3 N–H and O–H groups in total. The maximum atomic E-state index is 12.2. The van der Waals surface area contributed by atoms with Crippen molar-refractivity contribution in [3.63, 3.8) is 0 Å². The van der Waals surface area contributed by atoms with Gasteiger partial charge in [0.25, 0.3) is 5.91 Å². The summed E-state index contributed by atoms with van der Waals surface area (Å²) >= 11 is 5.15. The van der Waals surface area contributed by atoms with E-state index in [1.165, 1.54) is 5.56 Å². The molecule has 0 saturated carbocycles. The Bertz CT molecular complexity index is 739. The normalized spacial score (nSPS) is 10.2. The zero-order valence-electron chi connectivity index (χ0n) is 13.4. The van der Waals surface area contributed by atoms with Gasteiger partial charge in [-0.2, -0.15) is 0 Å². The number of benzene rings is 2. The smallest absolute Gasteiger partial charge is 0.257 e. The van der Waals surface area contributed by atoms with E-state index in [2.05, 4.69) is 17.6 Å². The van der Waals surface area contributed by atoms with Crippen LogP contribution in [0.4, 0.5) is 5.69 Å². The molecule has 0 radical (unpaired) electrons. The number of phenols is 1. The molecule has 0 bridgehead atoms. The van der Waals surface area contributed by atoms with Gasteiger partial charge in [0.15, 0.2) is 5.11 Å². The summed E-state index contributed by atoms with van der Waals surface area (Å²) in [5.74, 6) is -0.159. The predicted molar refractivity (Wildman–Crippen MR) is 97.1 cm³/mol. The van der Waals surface area contributed by atoms with Crippen LogP contribution in [0.15, 0.2) is 36.4 Å². The molecule has 2 rings (SSSR count). The zero-order valence-corrected chi connectivity index (χ0v) is 14.3. The van der Waals surface area contributed by atoms with E-state index in [0.717, 1.165) is 17.5 Å². The zero-order chi connectivity index (χ0) is 17.0. The average Bonchev–Trinajstić information content (AvgIpc) is 2.52. The Morgan fingerprint density at radius 3 is 2.43 bits per heavy atom. The molecular formula is C18H20N2O2S. The van der Waals surface area contributed by atoms with Gasteiger partial charge in [0.1, 0.15) is 5.75 Å². The molecule has 0 aliphatic rings. The Morgan fingerprint density at radius 1 is 1.17 bits per heavy atom. The molecule has 0 aromatic heterocycles. The highest BCUT2D eigenvalue weighted by molar-refractivity contribution is 7.80. The summed E-state index contributed by atoms with van der Waals surface area (Å²) in [6.07, 6.45) is 0.924. The lowest BCUT2D eigenvalue weighted by Gasteiger charge is -2.13. The number of hydrogen-bond acceptors (Lipinski definition) is 3. The Hall–Kier alpha value is -2.40. The van der Waals surface area contributed by atoms with E-state index in [1.54, 1.807) is 18.2 Å². The van der Waals surface area contributed by atoms with Gasteiger partial charge in [-0.1, -0.05) is 25.1 Å². The SMILES string of the molecule is CCc1ccc(C(=O)NC(=S)Nc2cc(C)cc(C)c2O)cc1. The van der Waals surface area contributed by atoms with Crippen LogP contribution in [0.2, 0.25) is 0 Å². The molecule has 2 aromatic rings. The molecule has 1 amide bonds. The van der Waals surface area contributed by atoms with E-state index in [9.17, 15) is 9.90 Å². The van der Waals surface area contributed by atoms with Crippen molar-refractivity contribution in [2.45, 2.75) is 27.2 Å². The number of hydrogen-bond donors (Lipinski definition) is 3. The van der Waals surface area contributed by atoms with Gasteiger partial charge in [-0.05, 0) is 67.4 Å². The van der Waals surface area contributed by atoms with Gasteiger partial charge in [-0.15, -0.1) is 0 Å². The molecular weight excluding hydrogens is 308 g/mol. The monoisotopic (exact) mass is 328 g/mol. The lowest BCUT2D eigenvalue weighted by Crippen LogP contribution is -2.34. The summed E-state index contributed by atoms with van der Waals surface area (Å²) < 4.78 is 0. The molecule has 0 unspecified atom stereocenters. The summed E-state index contributed by atoms with van der Waals surface area (Å²) in [5.41, 5.74) is 3.93. The fourth-order valence-electron chi connectivity index (χ4n) is 2.28. The number of nitrogens with one attached hydrogen (secondary N) is 2. The van der Waals surface area contributed by atoms with Gasteiger partial charge in [-0.25, -0.2) is 0 Å². The van der Waals surface area contributed by atoms with Gasteiger partial charge < -0.3 is 10.4 Å². The molecule has 5 heteroatoms. The van der Waals surface area contributed by atoms with Crippen molar-refractivity contribution >= 4 is 28.9 Å². The van der Waals surface area contributed by atoms with E-state index >= 15 is 0 Å². The van der Waals surface area contributed by atoms with Crippen LogP contribution in [0, 0.1) is 13.8 Å². The van der Waals surface area contributed by atoms with Crippen LogP contribution < -0.4 is 10.6 Å². The summed E-state index contributed by atoms with van der Waals surface area (Å²) in [6.45, 7) is 5.80. The number of amides is 1. The molecule has 0 heterocycles. The Balaban J connectivity index is 2.05. The van der Waals surface area contributed by atoms with Crippen molar-refractivity contribution in [3.8, 4) is 5.75 Å². The van der Waals surface area contributed by atoms with Crippen LogP contribution in [0.3, 0.4) is 0 Å². The Labute approximate surface area is 141 Å². The first-order chi connectivity index (χ1) is 10.9. The summed E-state index contributed by atoms with van der Waals surface area (Å²) in [6, 6.07) is 11.0. The first-order valence-corrected chi connectivity index (χ1v) is 7.83. The second-order valence-electron chi connectivity index (χ2n) is 5.44. The minimum Gasteiger partial charge on any atom is -0.505 e. The van der Waals surface area contributed by atoms with Crippen LogP contribution in [-0.4, -0.2) is 16.1 Å². The number of rotatable bonds is 3. The molecule has 23 heavy (non-hydrogen) atoms. The quantitative estimate of drug-likeness (QED) is 0.594. The van der Waals surface area contributed by atoms with E-state index < -0.39 is 0 Å². The number of anilines is 1. The minimum absolute atomic E-state index is 0.125. The van der Waals surface area contributed by atoms with Crippen molar-refractivity contribution < 1.29 is 9.90 Å². The van der Waals surface area contributed by atoms with Crippen molar-refractivity contribution in [3.05, 3.63) is 58.7 Å². The molecule has 120 valence electrons. The largest absolute Gasteiger partial charge is 0.505 e. The van der Waals surface area contributed by atoms with Crippen LogP contribution in [0.25, 0.3) is 0 Å². The minimum atomic E-state index is -0.283. The van der Waals surface area contributed by atoms with Gasteiger partial charge in [0.05, 0.1) is 5.69 Å². The van der Waals surface area contributed by atoms with Gasteiger partial charge in [0, 0.05) is 5.56 Å². The third kappa shape index (κ3) is 4.29. The van der Waals surface area contributed by atoms with E-state index in [-0.39, 0.29) is 16.8 Å².